The van der Waals surface area contributed by atoms with Crippen molar-refractivity contribution in [2.24, 2.45) is 0 Å². The van der Waals surface area contributed by atoms with Crippen molar-refractivity contribution in [3.8, 4) is 0 Å². The van der Waals surface area contributed by atoms with Gasteiger partial charge in [-0.2, -0.15) is 0 Å². The van der Waals surface area contributed by atoms with Gasteiger partial charge in [-0.05, 0) is 57.8 Å². The molecule has 0 spiro atoms. The largest absolute Gasteiger partial charge is 0.462 e. The predicted octanol–water partition coefficient (Wildman–Crippen LogP) is 18.9. The van der Waals surface area contributed by atoms with E-state index in [1.807, 2.05) is 0 Å². The molecule has 380 valence electrons. The van der Waals surface area contributed by atoms with Gasteiger partial charge in [-0.25, -0.2) is 0 Å². The van der Waals surface area contributed by atoms with Gasteiger partial charge in [0.05, 0.1) is 0 Å². The summed E-state index contributed by atoms with van der Waals surface area (Å²) in [6.45, 7) is 6.59. The zero-order valence-electron chi connectivity index (χ0n) is 43.5. The van der Waals surface area contributed by atoms with Crippen LogP contribution in [0.2, 0.25) is 0 Å². The first-order valence-electron chi connectivity index (χ1n) is 28.5. The second-order valence-electron chi connectivity index (χ2n) is 19.2. The SMILES string of the molecule is CCCCCCC/C=C\C/C=C\C/C=C\CCCCCCCCCCCCCCCCCCC(=O)OCC(COC(=O)CCCCCCCCCC)OC(=O)CCCCCCCCCC. The Morgan fingerprint density at radius 1 is 0.308 bits per heavy atom. The topological polar surface area (TPSA) is 78.9 Å². The van der Waals surface area contributed by atoms with Gasteiger partial charge in [0.2, 0.25) is 0 Å². The van der Waals surface area contributed by atoms with Crippen molar-refractivity contribution in [1.82, 2.24) is 0 Å². The molecule has 0 aliphatic heterocycles. The molecule has 0 aromatic carbocycles. The Morgan fingerprint density at radius 3 is 0.862 bits per heavy atom. The average Bonchev–Trinajstić information content (AvgIpc) is 3.30. The van der Waals surface area contributed by atoms with E-state index in [-0.39, 0.29) is 31.1 Å². The van der Waals surface area contributed by atoms with Gasteiger partial charge < -0.3 is 14.2 Å². The smallest absolute Gasteiger partial charge is 0.306 e. The summed E-state index contributed by atoms with van der Waals surface area (Å²) >= 11 is 0. The van der Waals surface area contributed by atoms with Crippen molar-refractivity contribution >= 4 is 17.9 Å². The molecule has 0 aromatic rings. The summed E-state index contributed by atoms with van der Waals surface area (Å²) in [4.78, 5) is 37.7. The highest BCUT2D eigenvalue weighted by Crippen LogP contribution is 2.16. The molecular formula is C59H108O6. The van der Waals surface area contributed by atoms with Gasteiger partial charge in [-0.15, -0.1) is 0 Å². The molecule has 65 heavy (non-hydrogen) atoms. The van der Waals surface area contributed by atoms with Crippen molar-refractivity contribution in [2.45, 2.75) is 309 Å². The standard InChI is InChI=1S/C59H108O6/c1-4-7-10-13-16-19-20-21-22-23-24-25-26-27-28-29-30-31-32-33-34-35-36-37-38-39-40-41-44-46-49-52-58(61)64-55-56(65-59(62)53-50-47-43-18-15-12-9-6-3)54-63-57(60)51-48-45-42-17-14-11-8-5-2/h20-21,23-24,26-27,56H,4-19,22,25,28-55H2,1-3H3/b21-20-,24-23-,27-26-. The fourth-order valence-electron chi connectivity index (χ4n) is 8.33. The Kier molecular flexibility index (Phi) is 52.3. The summed E-state index contributed by atoms with van der Waals surface area (Å²) in [5.74, 6) is -0.865. The van der Waals surface area contributed by atoms with Crippen molar-refractivity contribution in [3.05, 3.63) is 36.5 Å². The van der Waals surface area contributed by atoms with E-state index in [1.54, 1.807) is 0 Å². The number of hydrogen-bond acceptors (Lipinski definition) is 6. The van der Waals surface area contributed by atoms with Crippen LogP contribution in [0.15, 0.2) is 36.5 Å². The Morgan fingerprint density at radius 2 is 0.554 bits per heavy atom. The lowest BCUT2D eigenvalue weighted by atomic mass is 10.0. The van der Waals surface area contributed by atoms with Crippen LogP contribution in [0.1, 0.15) is 303 Å². The second-order valence-corrected chi connectivity index (χ2v) is 19.2. The molecule has 0 bridgehead atoms. The van der Waals surface area contributed by atoms with Gasteiger partial charge in [0, 0.05) is 19.3 Å². The van der Waals surface area contributed by atoms with Crippen LogP contribution >= 0.6 is 0 Å². The highest BCUT2D eigenvalue weighted by Gasteiger charge is 2.19. The van der Waals surface area contributed by atoms with Crippen LogP contribution in [0.4, 0.5) is 0 Å². The number of hydrogen-bond donors (Lipinski definition) is 0. The summed E-state index contributed by atoms with van der Waals surface area (Å²) in [5.41, 5.74) is 0. The normalized spacial score (nSPS) is 12.2. The van der Waals surface area contributed by atoms with E-state index in [1.165, 1.54) is 193 Å². The third-order valence-corrected chi connectivity index (χ3v) is 12.6. The summed E-state index contributed by atoms with van der Waals surface area (Å²) in [5, 5.41) is 0. The van der Waals surface area contributed by atoms with Gasteiger partial charge >= 0.3 is 17.9 Å². The third-order valence-electron chi connectivity index (χ3n) is 12.6. The fraction of sp³-hybridized carbons (Fsp3) is 0.847. The van der Waals surface area contributed by atoms with E-state index >= 15 is 0 Å². The lowest BCUT2D eigenvalue weighted by Crippen LogP contribution is -2.30. The summed E-state index contributed by atoms with van der Waals surface area (Å²) in [6.07, 6.45) is 64.7. The average molecular weight is 914 g/mol. The maximum absolute atomic E-state index is 12.7. The number of esters is 3. The van der Waals surface area contributed by atoms with E-state index in [9.17, 15) is 14.4 Å². The molecule has 1 atom stereocenters. The molecule has 0 rings (SSSR count). The molecular weight excluding hydrogens is 805 g/mol. The maximum atomic E-state index is 12.7. The highest BCUT2D eigenvalue weighted by atomic mass is 16.6. The van der Waals surface area contributed by atoms with Gasteiger partial charge in [0.25, 0.3) is 0 Å². The molecule has 0 saturated heterocycles. The first-order valence-corrected chi connectivity index (χ1v) is 28.5. The molecule has 0 heterocycles. The van der Waals surface area contributed by atoms with Crippen LogP contribution in [0.25, 0.3) is 0 Å². The van der Waals surface area contributed by atoms with Gasteiger partial charge in [0.15, 0.2) is 6.10 Å². The molecule has 0 N–H and O–H groups in total. The second kappa shape index (κ2) is 54.2. The zero-order valence-corrected chi connectivity index (χ0v) is 43.5. The molecule has 0 aliphatic rings. The molecule has 6 nitrogen and oxygen atoms in total. The fourth-order valence-corrected chi connectivity index (χ4v) is 8.33. The lowest BCUT2D eigenvalue weighted by molar-refractivity contribution is -0.167. The van der Waals surface area contributed by atoms with Crippen molar-refractivity contribution < 1.29 is 28.6 Å². The van der Waals surface area contributed by atoms with Gasteiger partial charge in [0.1, 0.15) is 13.2 Å². The van der Waals surface area contributed by atoms with Crippen molar-refractivity contribution in [1.29, 1.82) is 0 Å². The van der Waals surface area contributed by atoms with Crippen LogP contribution < -0.4 is 0 Å². The van der Waals surface area contributed by atoms with Crippen LogP contribution in [0, 0.1) is 0 Å². The number of rotatable bonds is 52. The number of carbonyl (C=O) groups is 3. The Balaban J connectivity index is 3.92. The van der Waals surface area contributed by atoms with Crippen LogP contribution in [-0.2, 0) is 28.6 Å². The summed E-state index contributed by atoms with van der Waals surface area (Å²) in [6, 6.07) is 0. The molecule has 0 saturated carbocycles. The van der Waals surface area contributed by atoms with E-state index in [4.69, 9.17) is 14.2 Å². The third kappa shape index (κ3) is 52.5. The van der Waals surface area contributed by atoms with E-state index in [0.29, 0.717) is 19.3 Å². The summed E-state index contributed by atoms with van der Waals surface area (Å²) in [7, 11) is 0. The Hall–Kier alpha value is -2.37. The Bertz CT molecular complexity index is 1090. The number of unbranched alkanes of at least 4 members (excludes halogenated alkanes) is 35. The number of ether oxygens (including phenoxy) is 3. The van der Waals surface area contributed by atoms with Gasteiger partial charge in [-0.3, -0.25) is 14.4 Å². The lowest BCUT2D eigenvalue weighted by Gasteiger charge is -2.18. The molecule has 0 fully saturated rings. The van der Waals surface area contributed by atoms with Crippen LogP contribution in [-0.4, -0.2) is 37.2 Å². The molecule has 0 aromatic heterocycles. The van der Waals surface area contributed by atoms with Gasteiger partial charge in [-0.1, -0.05) is 263 Å². The minimum Gasteiger partial charge on any atom is -0.462 e. The number of carbonyl (C=O) groups excluding carboxylic acids is 3. The maximum Gasteiger partial charge on any atom is 0.306 e. The molecule has 1 unspecified atom stereocenters. The summed E-state index contributed by atoms with van der Waals surface area (Å²) < 4.78 is 16.7. The zero-order chi connectivity index (χ0) is 47.2. The van der Waals surface area contributed by atoms with E-state index < -0.39 is 6.10 Å². The monoisotopic (exact) mass is 913 g/mol. The molecule has 0 amide bonds. The molecule has 0 aliphatic carbocycles. The Labute approximate surface area is 404 Å². The minimum atomic E-state index is -0.762. The van der Waals surface area contributed by atoms with E-state index in [2.05, 4.69) is 57.2 Å². The first-order chi connectivity index (χ1) is 32.0. The first kappa shape index (κ1) is 62.6. The van der Waals surface area contributed by atoms with Crippen molar-refractivity contribution in [2.75, 3.05) is 13.2 Å². The predicted molar refractivity (Wildman–Crippen MR) is 279 cm³/mol. The number of allylic oxidation sites excluding steroid dienone is 6. The van der Waals surface area contributed by atoms with Crippen LogP contribution in [0.3, 0.4) is 0 Å². The molecule has 0 radical (unpaired) electrons. The highest BCUT2D eigenvalue weighted by molar-refractivity contribution is 5.71. The van der Waals surface area contributed by atoms with E-state index in [0.717, 1.165) is 70.6 Å². The quantitative estimate of drug-likeness (QED) is 0.0262. The van der Waals surface area contributed by atoms with Crippen molar-refractivity contribution in [3.63, 3.8) is 0 Å². The molecule has 6 heteroatoms. The van der Waals surface area contributed by atoms with Crippen LogP contribution in [0.5, 0.6) is 0 Å². The minimum absolute atomic E-state index is 0.0676.